The molecule has 2 aromatic rings. The van der Waals surface area contributed by atoms with Gasteiger partial charge in [-0.2, -0.15) is 0 Å². The monoisotopic (exact) mass is 503 g/mol. The number of amidine groups is 1. The summed E-state index contributed by atoms with van der Waals surface area (Å²) in [7, 11) is 0. The van der Waals surface area contributed by atoms with Gasteiger partial charge in [-0.15, -0.1) is 0 Å². The number of nitrogens with one attached hydrogen (secondary N) is 4. The number of amides is 1. The van der Waals surface area contributed by atoms with Crippen LogP contribution in [0.4, 0.5) is 17.1 Å². The fourth-order valence-corrected chi connectivity index (χ4v) is 5.39. The molecule has 0 bridgehead atoms. The predicted molar refractivity (Wildman–Crippen MR) is 144 cm³/mol. The van der Waals surface area contributed by atoms with Crippen molar-refractivity contribution in [1.29, 1.82) is 0 Å². The lowest BCUT2D eigenvalue weighted by atomic mass is 9.99. The molecule has 4 aliphatic rings. The van der Waals surface area contributed by atoms with E-state index in [9.17, 15) is 4.79 Å². The van der Waals surface area contributed by atoms with Gasteiger partial charge in [-0.3, -0.25) is 14.7 Å². The Morgan fingerprint density at radius 3 is 2.73 bits per heavy atom. The van der Waals surface area contributed by atoms with Crippen LogP contribution < -0.4 is 36.9 Å². The van der Waals surface area contributed by atoms with Crippen LogP contribution in [0.15, 0.2) is 59.0 Å². The van der Waals surface area contributed by atoms with Crippen molar-refractivity contribution in [2.45, 2.75) is 26.1 Å². The number of nitrogens with two attached hydrogens (primary N) is 1. The summed E-state index contributed by atoms with van der Waals surface area (Å²) in [6.07, 6.45) is -0.442. The second kappa shape index (κ2) is 9.49. The Morgan fingerprint density at radius 1 is 1.11 bits per heavy atom. The molecule has 194 valence electrons. The zero-order valence-corrected chi connectivity index (χ0v) is 21.1. The standard InChI is InChI=1S/C26H33N9O2/c1-16-5-3-8-20-21(16)26(36)34(19-7-4-6-18(13-19)33-9-11-37-12-10-33)24(32-20)17(2)35(27)25-22-23(29-14-28-22)30-15-31-25/h3-8,13,17,24,28-30,32H,9-12,14-15,27H2,1-2H3. The maximum atomic E-state index is 14.1. The molecule has 6 N–H and O–H groups in total. The van der Waals surface area contributed by atoms with E-state index in [4.69, 9.17) is 10.6 Å². The van der Waals surface area contributed by atoms with Gasteiger partial charge in [0.05, 0.1) is 31.5 Å². The van der Waals surface area contributed by atoms with E-state index < -0.39 is 6.17 Å². The number of carbonyl (C=O) groups excluding carboxylic acids is 1. The van der Waals surface area contributed by atoms with Crippen LogP contribution in [0.25, 0.3) is 0 Å². The minimum absolute atomic E-state index is 0.0518. The average Bonchev–Trinajstić information content (AvgIpc) is 3.42. The molecule has 37 heavy (non-hydrogen) atoms. The predicted octanol–water partition coefficient (Wildman–Crippen LogP) is 1.07. The van der Waals surface area contributed by atoms with E-state index in [1.165, 1.54) is 0 Å². The van der Waals surface area contributed by atoms with Crippen molar-refractivity contribution in [2.24, 2.45) is 10.8 Å². The molecular weight excluding hydrogens is 470 g/mol. The van der Waals surface area contributed by atoms with E-state index in [2.05, 4.69) is 43.3 Å². The van der Waals surface area contributed by atoms with E-state index >= 15 is 0 Å². The van der Waals surface area contributed by atoms with Crippen molar-refractivity contribution in [2.75, 3.05) is 54.8 Å². The molecule has 2 atom stereocenters. The highest BCUT2D eigenvalue weighted by molar-refractivity contribution is 6.13. The van der Waals surface area contributed by atoms with Crippen LogP contribution in [-0.4, -0.2) is 68.6 Å². The maximum Gasteiger partial charge on any atom is 0.262 e. The van der Waals surface area contributed by atoms with Crippen LogP contribution in [0.2, 0.25) is 0 Å². The first-order chi connectivity index (χ1) is 18.0. The number of aryl methyl sites for hydroxylation is 1. The first kappa shape index (κ1) is 23.4. The molecule has 11 nitrogen and oxygen atoms in total. The summed E-state index contributed by atoms with van der Waals surface area (Å²) in [4.78, 5) is 22.9. The van der Waals surface area contributed by atoms with Crippen molar-refractivity contribution in [3.05, 3.63) is 65.1 Å². The molecule has 1 saturated heterocycles. The summed E-state index contributed by atoms with van der Waals surface area (Å²) in [5, 5.41) is 15.1. The van der Waals surface area contributed by atoms with Gasteiger partial charge in [-0.25, -0.2) is 10.8 Å². The van der Waals surface area contributed by atoms with Crippen molar-refractivity contribution in [3.8, 4) is 0 Å². The van der Waals surface area contributed by atoms with Crippen LogP contribution in [0.5, 0.6) is 0 Å². The summed E-state index contributed by atoms with van der Waals surface area (Å²) >= 11 is 0. The average molecular weight is 504 g/mol. The number of hydrazine groups is 1. The highest BCUT2D eigenvalue weighted by Crippen LogP contribution is 2.35. The van der Waals surface area contributed by atoms with Gasteiger partial charge in [0, 0.05) is 30.2 Å². The maximum absolute atomic E-state index is 14.1. The van der Waals surface area contributed by atoms with Gasteiger partial charge >= 0.3 is 0 Å². The van der Waals surface area contributed by atoms with Crippen LogP contribution in [0, 0.1) is 6.92 Å². The van der Waals surface area contributed by atoms with E-state index in [0.29, 0.717) is 38.0 Å². The summed E-state index contributed by atoms with van der Waals surface area (Å²) in [6, 6.07) is 13.7. The van der Waals surface area contributed by atoms with Gasteiger partial charge in [0.2, 0.25) is 0 Å². The number of fused-ring (bicyclic) bond motifs is 1. The smallest absolute Gasteiger partial charge is 0.262 e. The van der Waals surface area contributed by atoms with Gasteiger partial charge in [0.25, 0.3) is 5.91 Å². The van der Waals surface area contributed by atoms with E-state index in [0.717, 1.165) is 47.2 Å². The molecule has 11 heteroatoms. The lowest BCUT2D eigenvalue weighted by Gasteiger charge is -2.44. The lowest BCUT2D eigenvalue weighted by molar-refractivity contribution is 0.0962. The third kappa shape index (κ3) is 4.09. The van der Waals surface area contributed by atoms with Crippen molar-refractivity contribution >= 4 is 28.8 Å². The van der Waals surface area contributed by atoms with Gasteiger partial charge in [0.15, 0.2) is 5.84 Å². The minimum Gasteiger partial charge on any atom is -0.378 e. The molecule has 1 fully saturated rings. The number of benzene rings is 2. The summed E-state index contributed by atoms with van der Waals surface area (Å²) in [5.41, 5.74) is 5.13. The largest absolute Gasteiger partial charge is 0.378 e. The van der Waals surface area contributed by atoms with Crippen molar-refractivity contribution in [1.82, 2.24) is 21.0 Å². The molecule has 2 unspecified atom stereocenters. The topological polar surface area (TPSA) is 123 Å². The number of morpholine rings is 1. The second-order valence-electron chi connectivity index (χ2n) is 9.63. The highest BCUT2D eigenvalue weighted by Gasteiger charge is 2.40. The molecular formula is C26H33N9O2. The first-order valence-electron chi connectivity index (χ1n) is 12.7. The highest BCUT2D eigenvalue weighted by atomic mass is 16.5. The Kier molecular flexibility index (Phi) is 6.01. The number of rotatable bonds is 4. The van der Waals surface area contributed by atoms with Crippen LogP contribution in [-0.2, 0) is 4.74 Å². The molecule has 0 aromatic heterocycles. The molecule has 4 aliphatic heterocycles. The van der Waals surface area contributed by atoms with Crippen LogP contribution in [0.1, 0.15) is 22.8 Å². The molecule has 4 heterocycles. The number of nitrogens with zero attached hydrogens (tertiary/aromatic N) is 4. The lowest BCUT2D eigenvalue weighted by Crippen LogP contribution is -2.62. The third-order valence-corrected chi connectivity index (χ3v) is 7.40. The van der Waals surface area contributed by atoms with Crippen LogP contribution in [0.3, 0.4) is 0 Å². The number of hydrogen-bond acceptors (Lipinski definition) is 10. The fraction of sp³-hybridized carbons (Fsp3) is 0.385. The first-order valence-corrected chi connectivity index (χ1v) is 12.7. The fourth-order valence-electron chi connectivity index (χ4n) is 5.39. The van der Waals surface area contributed by atoms with E-state index in [-0.39, 0.29) is 11.9 Å². The minimum atomic E-state index is -0.442. The molecule has 0 saturated carbocycles. The number of aliphatic imine (C=N–C) groups is 1. The molecule has 0 aliphatic carbocycles. The van der Waals surface area contributed by atoms with E-state index in [1.54, 1.807) is 5.01 Å². The van der Waals surface area contributed by atoms with Gasteiger partial charge in [-0.05, 0) is 43.7 Å². The Bertz CT molecular complexity index is 1270. The zero-order valence-electron chi connectivity index (χ0n) is 21.1. The molecule has 0 spiro atoms. The van der Waals surface area contributed by atoms with Gasteiger partial charge in [0.1, 0.15) is 24.4 Å². The molecule has 6 rings (SSSR count). The SMILES string of the molecule is Cc1cccc2c1C(=O)N(c1cccc(N3CCOCC3)c1)C(C(C)N(N)C1=NCNC3=C1NCN3)N2. The van der Waals surface area contributed by atoms with E-state index in [1.807, 2.05) is 49.1 Å². The normalized spacial score (nSPS) is 21.6. The number of carbonyl (C=O) groups is 1. The Hall–Kier alpha value is -3.96. The number of ether oxygens (including phenoxy) is 1. The van der Waals surface area contributed by atoms with Crippen molar-refractivity contribution in [3.63, 3.8) is 0 Å². The zero-order chi connectivity index (χ0) is 25.5. The number of hydrogen-bond donors (Lipinski definition) is 5. The quantitative estimate of drug-likeness (QED) is 0.308. The van der Waals surface area contributed by atoms with Gasteiger partial charge in [-0.1, -0.05) is 18.2 Å². The molecule has 0 radical (unpaired) electrons. The Balaban J connectivity index is 1.38. The summed E-state index contributed by atoms with van der Waals surface area (Å²) in [5.74, 6) is 8.22. The second-order valence-corrected chi connectivity index (χ2v) is 9.63. The Labute approximate surface area is 216 Å². The molecule has 2 aromatic carbocycles. The molecule has 1 amide bonds. The van der Waals surface area contributed by atoms with Crippen LogP contribution >= 0.6 is 0 Å². The third-order valence-electron chi connectivity index (χ3n) is 7.40. The summed E-state index contributed by atoms with van der Waals surface area (Å²) < 4.78 is 5.53. The number of anilines is 3. The van der Waals surface area contributed by atoms with Crippen molar-refractivity contribution < 1.29 is 9.53 Å². The Morgan fingerprint density at radius 2 is 1.89 bits per heavy atom. The van der Waals surface area contributed by atoms with Gasteiger partial charge < -0.3 is 30.9 Å². The summed E-state index contributed by atoms with van der Waals surface area (Å²) in [6.45, 7) is 8.04.